The van der Waals surface area contributed by atoms with Crippen LogP contribution in [-0.4, -0.2) is 24.9 Å². The number of rotatable bonds is 3. The van der Waals surface area contributed by atoms with Crippen LogP contribution in [0.1, 0.15) is 20.8 Å². The van der Waals surface area contributed by atoms with E-state index in [1.54, 1.807) is 17.3 Å². The first-order chi connectivity index (χ1) is 5.34. The van der Waals surface area contributed by atoms with Gasteiger partial charge >= 0.3 is 0 Å². The van der Waals surface area contributed by atoms with Crippen molar-refractivity contribution in [2.75, 3.05) is 14.1 Å². The molecule has 12 heavy (non-hydrogen) atoms. The molecular formula is C9H18N2O. The molecule has 0 aromatic carbocycles. The second-order valence-corrected chi connectivity index (χ2v) is 3.97. The van der Waals surface area contributed by atoms with E-state index in [2.05, 4.69) is 5.43 Å². The van der Waals surface area contributed by atoms with Gasteiger partial charge in [0.2, 0.25) is 0 Å². The van der Waals surface area contributed by atoms with Gasteiger partial charge in [0, 0.05) is 25.7 Å². The Balaban J connectivity index is 3.93. The Bertz CT molecular complexity index is 177. The van der Waals surface area contributed by atoms with Crippen molar-refractivity contribution < 1.29 is 4.79 Å². The molecule has 0 aromatic heterocycles. The van der Waals surface area contributed by atoms with Gasteiger partial charge in [0.25, 0.3) is 0 Å². The lowest BCUT2D eigenvalue weighted by Gasteiger charge is -2.14. The molecule has 0 aliphatic carbocycles. The smallest absolute Gasteiger partial charge is 0.162 e. The van der Waals surface area contributed by atoms with E-state index in [0.717, 1.165) is 0 Å². The molecule has 0 unspecified atom stereocenters. The van der Waals surface area contributed by atoms with Crippen LogP contribution in [-0.2, 0) is 4.79 Å². The number of allylic oxidation sites excluding steroid dienone is 1. The van der Waals surface area contributed by atoms with Crippen LogP contribution in [0.25, 0.3) is 0 Å². The van der Waals surface area contributed by atoms with E-state index in [0.29, 0.717) is 0 Å². The summed E-state index contributed by atoms with van der Waals surface area (Å²) in [4.78, 5) is 11.3. The van der Waals surface area contributed by atoms with E-state index in [9.17, 15) is 4.79 Å². The van der Waals surface area contributed by atoms with Crippen LogP contribution in [0.2, 0.25) is 0 Å². The van der Waals surface area contributed by atoms with Crippen LogP contribution in [0.5, 0.6) is 0 Å². The second kappa shape index (κ2) is 4.26. The zero-order chi connectivity index (χ0) is 9.78. The van der Waals surface area contributed by atoms with Gasteiger partial charge in [-0.3, -0.25) is 4.79 Å². The van der Waals surface area contributed by atoms with Crippen molar-refractivity contribution in [3.05, 3.63) is 12.3 Å². The van der Waals surface area contributed by atoms with E-state index >= 15 is 0 Å². The van der Waals surface area contributed by atoms with Crippen molar-refractivity contribution in [3.8, 4) is 0 Å². The lowest BCUT2D eigenvalue weighted by molar-refractivity contribution is -0.121. The minimum atomic E-state index is -0.287. The first-order valence-electron chi connectivity index (χ1n) is 3.98. The number of hydrogen-bond acceptors (Lipinski definition) is 3. The van der Waals surface area contributed by atoms with E-state index in [4.69, 9.17) is 0 Å². The molecule has 0 atom stereocenters. The van der Waals surface area contributed by atoms with Crippen LogP contribution < -0.4 is 5.43 Å². The lowest BCUT2D eigenvalue weighted by Crippen LogP contribution is -2.26. The van der Waals surface area contributed by atoms with E-state index in [1.165, 1.54) is 0 Å². The summed E-state index contributed by atoms with van der Waals surface area (Å²) in [6.07, 6.45) is 3.20. The summed E-state index contributed by atoms with van der Waals surface area (Å²) in [7, 11) is 3.73. The molecule has 0 bridgehead atoms. The molecule has 70 valence electrons. The third-order valence-electron chi connectivity index (χ3n) is 1.31. The molecule has 0 spiro atoms. The van der Waals surface area contributed by atoms with Gasteiger partial charge in [-0.15, -0.1) is 0 Å². The quantitative estimate of drug-likeness (QED) is 0.510. The first-order valence-corrected chi connectivity index (χ1v) is 3.98. The zero-order valence-corrected chi connectivity index (χ0v) is 8.51. The van der Waals surface area contributed by atoms with E-state index < -0.39 is 0 Å². The van der Waals surface area contributed by atoms with Crippen molar-refractivity contribution in [1.82, 2.24) is 10.4 Å². The fourth-order valence-electron chi connectivity index (χ4n) is 0.512. The van der Waals surface area contributed by atoms with Gasteiger partial charge in [0.15, 0.2) is 5.78 Å². The Labute approximate surface area is 74.4 Å². The maximum Gasteiger partial charge on any atom is 0.162 e. The Kier molecular flexibility index (Phi) is 3.96. The van der Waals surface area contributed by atoms with Crippen molar-refractivity contribution in [2.45, 2.75) is 20.8 Å². The number of nitrogens with one attached hydrogen (secondary N) is 1. The molecule has 3 heteroatoms. The van der Waals surface area contributed by atoms with Crippen LogP contribution >= 0.6 is 0 Å². The predicted octanol–water partition coefficient (Wildman–Crippen LogP) is 1.18. The first kappa shape index (κ1) is 11.2. The van der Waals surface area contributed by atoms with Gasteiger partial charge in [-0.25, -0.2) is 5.01 Å². The minimum absolute atomic E-state index is 0.122. The molecule has 0 aliphatic rings. The standard InChI is InChI=1S/C9H18N2O/c1-9(2,3)8(12)6-7-10-11(4)5/h6-7,10H,1-5H3/b7-6-. The average Bonchev–Trinajstić information content (AvgIpc) is 1.84. The molecule has 0 fully saturated rings. The third-order valence-corrected chi connectivity index (χ3v) is 1.31. The Hall–Kier alpha value is -0.830. The maximum atomic E-state index is 11.3. The Morgan fingerprint density at radius 2 is 1.83 bits per heavy atom. The summed E-state index contributed by atoms with van der Waals surface area (Å²) >= 11 is 0. The highest BCUT2D eigenvalue weighted by Gasteiger charge is 2.17. The molecule has 0 heterocycles. The van der Waals surface area contributed by atoms with Gasteiger partial charge < -0.3 is 5.43 Å². The van der Waals surface area contributed by atoms with E-state index in [-0.39, 0.29) is 11.2 Å². The summed E-state index contributed by atoms with van der Waals surface area (Å²) < 4.78 is 0. The maximum absolute atomic E-state index is 11.3. The number of carbonyl (C=O) groups excluding carboxylic acids is 1. The molecular weight excluding hydrogens is 152 g/mol. The monoisotopic (exact) mass is 170 g/mol. The lowest BCUT2D eigenvalue weighted by atomic mass is 9.91. The van der Waals surface area contributed by atoms with Crippen molar-refractivity contribution in [1.29, 1.82) is 0 Å². The summed E-state index contributed by atoms with van der Waals surface area (Å²) in [5, 5.41) is 1.77. The molecule has 0 saturated heterocycles. The molecule has 0 radical (unpaired) electrons. The number of ketones is 1. The summed E-state index contributed by atoms with van der Waals surface area (Å²) in [6, 6.07) is 0. The van der Waals surface area contributed by atoms with Gasteiger partial charge in [0.1, 0.15) is 0 Å². The fraction of sp³-hybridized carbons (Fsp3) is 0.667. The molecule has 1 N–H and O–H groups in total. The van der Waals surface area contributed by atoms with Crippen molar-refractivity contribution in [2.24, 2.45) is 5.41 Å². The molecule has 0 aromatic rings. The van der Waals surface area contributed by atoms with Gasteiger partial charge in [-0.1, -0.05) is 20.8 Å². The molecule has 3 nitrogen and oxygen atoms in total. The summed E-state index contributed by atoms with van der Waals surface area (Å²) in [5.41, 5.74) is 2.59. The summed E-state index contributed by atoms with van der Waals surface area (Å²) in [6.45, 7) is 5.69. The van der Waals surface area contributed by atoms with Crippen LogP contribution in [0.4, 0.5) is 0 Å². The Morgan fingerprint density at radius 3 is 2.17 bits per heavy atom. The van der Waals surface area contributed by atoms with Crippen LogP contribution in [0.3, 0.4) is 0 Å². The van der Waals surface area contributed by atoms with Crippen molar-refractivity contribution >= 4 is 5.78 Å². The predicted molar refractivity (Wildman–Crippen MR) is 50.4 cm³/mol. The number of hydrogen-bond donors (Lipinski definition) is 1. The van der Waals surface area contributed by atoms with E-state index in [1.807, 2.05) is 34.9 Å². The number of nitrogens with zero attached hydrogens (tertiary/aromatic N) is 1. The highest BCUT2D eigenvalue weighted by Crippen LogP contribution is 2.14. The number of hydrazine groups is 1. The molecule has 0 saturated carbocycles. The number of carbonyl (C=O) groups is 1. The van der Waals surface area contributed by atoms with Gasteiger partial charge in [0.05, 0.1) is 0 Å². The van der Waals surface area contributed by atoms with Crippen LogP contribution in [0.15, 0.2) is 12.3 Å². The topological polar surface area (TPSA) is 32.3 Å². The largest absolute Gasteiger partial charge is 0.327 e. The average molecular weight is 170 g/mol. The molecule has 0 rings (SSSR count). The van der Waals surface area contributed by atoms with Crippen LogP contribution in [0, 0.1) is 5.41 Å². The Morgan fingerprint density at radius 1 is 1.33 bits per heavy atom. The highest BCUT2D eigenvalue weighted by molar-refractivity contribution is 5.93. The highest BCUT2D eigenvalue weighted by atomic mass is 16.1. The minimum Gasteiger partial charge on any atom is -0.327 e. The molecule has 0 amide bonds. The van der Waals surface area contributed by atoms with Gasteiger partial charge in [-0.05, 0) is 6.08 Å². The zero-order valence-electron chi connectivity index (χ0n) is 8.51. The third kappa shape index (κ3) is 4.91. The second-order valence-electron chi connectivity index (χ2n) is 3.97. The summed E-state index contributed by atoms with van der Waals surface area (Å²) in [5.74, 6) is 0.122. The molecule has 0 aliphatic heterocycles. The van der Waals surface area contributed by atoms with Gasteiger partial charge in [-0.2, -0.15) is 0 Å². The van der Waals surface area contributed by atoms with Crippen molar-refractivity contribution in [3.63, 3.8) is 0 Å². The fourth-order valence-corrected chi connectivity index (χ4v) is 0.512. The normalized spacial score (nSPS) is 12.5. The SMILES string of the molecule is CN(C)N/C=C\C(=O)C(C)(C)C.